The molecule has 0 saturated carbocycles. The van der Waals surface area contributed by atoms with Gasteiger partial charge in [0.2, 0.25) is 5.89 Å². The highest BCUT2D eigenvalue weighted by Crippen LogP contribution is 2.16. The van der Waals surface area contributed by atoms with Gasteiger partial charge in [-0.25, -0.2) is 9.78 Å². The lowest BCUT2D eigenvalue weighted by Crippen LogP contribution is -2.31. The fourth-order valence-electron chi connectivity index (χ4n) is 3.38. The van der Waals surface area contributed by atoms with Crippen molar-refractivity contribution in [1.29, 1.82) is 0 Å². The van der Waals surface area contributed by atoms with E-state index in [1.54, 1.807) is 11.2 Å². The van der Waals surface area contributed by atoms with Crippen LogP contribution < -0.4 is 4.74 Å². The van der Waals surface area contributed by atoms with Gasteiger partial charge in [-0.1, -0.05) is 42.0 Å². The Balaban J connectivity index is 1.36. The summed E-state index contributed by atoms with van der Waals surface area (Å²) in [6.07, 6.45) is 7.96. The van der Waals surface area contributed by atoms with E-state index in [0.29, 0.717) is 32.2 Å². The number of rotatable bonds is 12. The molecule has 0 atom stereocenters. The molecule has 6 nitrogen and oxygen atoms in total. The van der Waals surface area contributed by atoms with Crippen LogP contribution in [0.4, 0.5) is 4.79 Å². The summed E-state index contributed by atoms with van der Waals surface area (Å²) >= 11 is 0. The summed E-state index contributed by atoms with van der Waals surface area (Å²) in [5, 5.41) is 0. The molecule has 180 valence electrons. The number of carbonyl (C=O) groups excluding carboxylic acids is 1. The first kappa shape index (κ1) is 25.1. The molecular formula is C28H34N2O4. The van der Waals surface area contributed by atoms with Crippen LogP contribution in [0.25, 0.3) is 12.2 Å². The molecule has 2 aromatic carbocycles. The van der Waals surface area contributed by atoms with E-state index < -0.39 is 0 Å². The predicted octanol–water partition coefficient (Wildman–Crippen LogP) is 6.53. The molecule has 0 aliphatic rings. The van der Waals surface area contributed by atoms with E-state index in [-0.39, 0.29) is 6.09 Å². The van der Waals surface area contributed by atoms with Crippen molar-refractivity contribution in [3.05, 3.63) is 83.1 Å². The van der Waals surface area contributed by atoms with Crippen LogP contribution in [0.3, 0.4) is 0 Å². The van der Waals surface area contributed by atoms with Crippen LogP contribution in [-0.2, 0) is 17.8 Å². The fourth-order valence-corrected chi connectivity index (χ4v) is 3.38. The molecule has 3 rings (SSSR count). The monoisotopic (exact) mass is 462 g/mol. The van der Waals surface area contributed by atoms with Gasteiger partial charge in [0.1, 0.15) is 24.3 Å². The lowest BCUT2D eigenvalue weighted by Gasteiger charge is -2.17. The van der Waals surface area contributed by atoms with Gasteiger partial charge >= 0.3 is 6.09 Å². The Morgan fingerprint density at radius 1 is 1.00 bits per heavy atom. The van der Waals surface area contributed by atoms with Crippen LogP contribution in [0.2, 0.25) is 0 Å². The molecule has 1 amide bonds. The lowest BCUT2D eigenvalue weighted by atomic mass is 10.1. The van der Waals surface area contributed by atoms with Crippen molar-refractivity contribution in [2.75, 3.05) is 19.7 Å². The minimum atomic E-state index is -0.229. The maximum atomic E-state index is 11.8. The second-order valence-electron chi connectivity index (χ2n) is 8.10. The third-order valence-corrected chi connectivity index (χ3v) is 5.48. The molecule has 0 fully saturated rings. The zero-order chi connectivity index (χ0) is 24.2. The minimum absolute atomic E-state index is 0.229. The molecule has 0 saturated heterocycles. The topological polar surface area (TPSA) is 64.8 Å². The van der Waals surface area contributed by atoms with Crippen molar-refractivity contribution in [1.82, 2.24) is 9.88 Å². The highest BCUT2D eigenvalue weighted by Gasteiger charge is 2.09. The molecule has 0 spiro atoms. The third-order valence-electron chi connectivity index (χ3n) is 5.48. The molecule has 1 heterocycles. The molecule has 3 aromatic rings. The first-order chi connectivity index (χ1) is 16.6. The van der Waals surface area contributed by atoms with Crippen LogP contribution in [-0.4, -0.2) is 35.7 Å². The van der Waals surface area contributed by atoms with Crippen molar-refractivity contribution in [2.45, 2.75) is 46.6 Å². The summed E-state index contributed by atoms with van der Waals surface area (Å²) in [7, 11) is 0. The van der Waals surface area contributed by atoms with Crippen molar-refractivity contribution >= 4 is 18.2 Å². The molecule has 0 aliphatic carbocycles. The first-order valence-electron chi connectivity index (χ1n) is 11.9. The summed E-state index contributed by atoms with van der Waals surface area (Å²) in [6.45, 7) is 8.12. The summed E-state index contributed by atoms with van der Waals surface area (Å²) in [6, 6.07) is 16.3. The van der Waals surface area contributed by atoms with Gasteiger partial charge in [0, 0.05) is 19.2 Å². The van der Waals surface area contributed by atoms with Crippen LogP contribution in [0.1, 0.15) is 55.0 Å². The Bertz CT molecular complexity index is 1040. The number of ether oxygens (including phenoxy) is 2. The van der Waals surface area contributed by atoms with Crippen LogP contribution in [0.15, 0.2) is 59.2 Å². The van der Waals surface area contributed by atoms with Gasteiger partial charge in [0.05, 0.1) is 6.61 Å². The third kappa shape index (κ3) is 8.10. The van der Waals surface area contributed by atoms with E-state index in [9.17, 15) is 4.79 Å². The summed E-state index contributed by atoms with van der Waals surface area (Å²) < 4.78 is 16.7. The first-order valence-corrected chi connectivity index (χ1v) is 11.9. The second kappa shape index (κ2) is 13.2. The number of aromatic nitrogens is 1. The zero-order valence-corrected chi connectivity index (χ0v) is 20.3. The predicted molar refractivity (Wildman–Crippen MR) is 135 cm³/mol. The van der Waals surface area contributed by atoms with E-state index >= 15 is 0 Å². The number of oxazole rings is 1. The van der Waals surface area contributed by atoms with Gasteiger partial charge in [-0.05, 0) is 69.4 Å². The standard InChI is InChI=1S/C28H34N2O4/c1-4-30(5-2)28(31)32-19-7-6-8-23-13-16-26(17-14-23)33-20-25-21-34-27(29-25)18-15-24-11-9-22(3)10-12-24/h9-18,21H,4-8,19-20H2,1-3H3/b18-15+. The molecule has 0 radical (unpaired) electrons. The van der Waals surface area contributed by atoms with E-state index in [4.69, 9.17) is 13.9 Å². The molecule has 6 heteroatoms. The summed E-state index contributed by atoms with van der Waals surface area (Å²) in [4.78, 5) is 18.0. The average molecular weight is 463 g/mol. The normalized spacial score (nSPS) is 11.0. The smallest absolute Gasteiger partial charge is 0.409 e. The molecule has 0 unspecified atom stereocenters. The van der Waals surface area contributed by atoms with Crippen LogP contribution >= 0.6 is 0 Å². The SMILES string of the molecule is CCN(CC)C(=O)OCCCCc1ccc(OCc2coc(/C=C/c3ccc(C)cc3)n2)cc1. The second-order valence-corrected chi connectivity index (χ2v) is 8.10. The summed E-state index contributed by atoms with van der Waals surface area (Å²) in [5.41, 5.74) is 4.30. The van der Waals surface area contributed by atoms with Crippen molar-refractivity contribution in [2.24, 2.45) is 0 Å². The molecule has 0 aliphatic heterocycles. The Kier molecular flexibility index (Phi) is 9.77. The number of hydrogen-bond donors (Lipinski definition) is 0. The van der Waals surface area contributed by atoms with E-state index in [1.807, 2.05) is 38.1 Å². The van der Waals surface area contributed by atoms with E-state index in [1.165, 1.54) is 11.1 Å². The summed E-state index contributed by atoms with van der Waals surface area (Å²) in [5.74, 6) is 1.34. The number of unbranched alkanes of at least 4 members (excludes halogenated alkanes) is 1. The van der Waals surface area contributed by atoms with Gasteiger partial charge in [-0.2, -0.15) is 0 Å². The quantitative estimate of drug-likeness (QED) is 0.286. The minimum Gasteiger partial charge on any atom is -0.487 e. The number of aryl methyl sites for hydroxylation is 2. The van der Waals surface area contributed by atoms with Crippen molar-refractivity contribution in [3.8, 4) is 5.75 Å². The Labute approximate surface area is 202 Å². The Morgan fingerprint density at radius 3 is 2.44 bits per heavy atom. The molecule has 0 bridgehead atoms. The Morgan fingerprint density at radius 2 is 1.74 bits per heavy atom. The average Bonchev–Trinajstić information content (AvgIpc) is 3.31. The number of amides is 1. The van der Waals surface area contributed by atoms with Gasteiger partial charge in [0.15, 0.2) is 0 Å². The van der Waals surface area contributed by atoms with Gasteiger partial charge < -0.3 is 18.8 Å². The van der Waals surface area contributed by atoms with Crippen LogP contribution in [0.5, 0.6) is 5.75 Å². The van der Waals surface area contributed by atoms with Crippen LogP contribution in [0, 0.1) is 6.92 Å². The van der Waals surface area contributed by atoms with Gasteiger partial charge in [0.25, 0.3) is 0 Å². The largest absolute Gasteiger partial charge is 0.487 e. The lowest BCUT2D eigenvalue weighted by molar-refractivity contribution is 0.104. The molecule has 1 aromatic heterocycles. The maximum Gasteiger partial charge on any atom is 0.409 e. The van der Waals surface area contributed by atoms with Gasteiger partial charge in [-0.3, -0.25) is 0 Å². The number of carbonyl (C=O) groups is 1. The van der Waals surface area contributed by atoms with Crippen molar-refractivity contribution < 1.29 is 18.7 Å². The zero-order valence-electron chi connectivity index (χ0n) is 20.3. The highest BCUT2D eigenvalue weighted by molar-refractivity contribution is 5.67. The Hall–Kier alpha value is -3.54. The highest BCUT2D eigenvalue weighted by atomic mass is 16.6. The molecular weight excluding hydrogens is 428 g/mol. The number of nitrogens with zero attached hydrogens (tertiary/aromatic N) is 2. The van der Waals surface area contributed by atoms with E-state index in [0.717, 1.165) is 36.3 Å². The number of hydrogen-bond acceptors (Lipinski definition) is 5. The van der Waals surface area contributed by atoms with E-state index in [2.05, 4.69) is 48.3 Å². The number of benzene rings is 2. The van der Waals surface area contributed by atoms with Gasteiger partial charge in [-0.15, -0.1) is 0 Å². The van der Waals surface area contributed by atoms with Crippen molar-refractivity contribution in [3.63, 3.8) is 0 Å². The molecule has 34 heavy (non-hydrogen) atoms. The fraction of sp³-hybridized carbons (Fsp3) is 0.357. The maximum absolute atomic E-state index is 11.8. The molecule has 0 N–H and O–H groups in total.